The van der Waals surface area contributed by atoms with Gasteiger partial charge in [0.2, 0.25) is 0 Å². The van der Waals surface area contributed by atoms with E-state index in [0.717, 1.165) is 11.1 Å². The van der Waals surface area contributed by atoms with Gasteiger partial charge in [0, 0.05) is 6.07 Å². The van der Waals surface area contributed by atoms with Crippen molar-refractivity contribution in [3.63, 3.8) is 0 Å². The van der Waals surface area contributed by atoms with E-state index in [9.17, 15) is 9.59 Å². The molecule has 1 N–H and O–H groups in total. The minimum absolute atomic E-state index is 0.289. The molecule has 0 spiro atoms. The number of anilines is 1. The van der Waals surface area contributed by atoms with Crippen LogP contribution in [0.15, 0.2) is 28.8 Å². The molecule has 2 rings (SSSR count). The lowest BCUT2D eigenvalue weighted by Crippen LogP contribution is -2.30. The minimum Gasteiger partial charge on any atom is -0.449 e. The molecular weight excluding hydrogens is 284 g/mol. The molecule has 0 aliphatic rings. The average molecular weight is 302 g/mol. The molecule has 1 amide bonds. The summed E-state index contributed by atoms with van der Waals surface area (Å²) >= 11 is 0. The SMILES string of the molecule is Cc1cc(C)cc(C(=O)OC(C)C(=O)Nc2cc(C)on2)c1. The number of aromatic nitrogens is 1. The molecule has 1 aromatic heterocycles. The topological polar surface area (TPSA) is 81.4 Å². The maximum absolute atomic E-state index is 12.1. The van der Waals surface area contributed by atoms with Gasteiger partial charge in [-0.15, -0.1) is 0 Å². The molecule has 22 heavy (non-hydrogen) atoms. The van der Waals surface area contributed by atoms with E-state index in [1.807, 2.05) is 19.9 Å². The van der Waals surface area contributed by atoms with Gasteiger partial charge in [-0.05, 0) is 39.8 Å². The molecule has 0 bridgehead atoms. The molecule has 1 heterocycles. The van der Waals surface area contributed by atoms with Crippen LogP contribution >= 0.6 is 0 Å². The molecule has 1 aromatic carbocycles. The lowest BCUT2D eigenvalue weighted by Gasteiger charge is -2.13. The van der Waals surface area contributed by atoms with E-state index in [-0.39, 0.29) is 5.82 Å². The van der Waals surface area contributed by atoms with Crippen LogP contribution in [0.25, 0.3) is 0 Å². The normalized spacial score (nSPS) is 11.8. The van der Waals surface area contributed by atoms with Gasteiger partial charge in [-0.3, -0.25) is 4.79 Å². The quantitative estimate of drug-likeness (QED) is 0.878. The number of aryl methyl sites for hydroxylation is 3. The van der Waals surface area contributed by atoms with E-state index in [1.165, 1.54) is 6.92 Å². The summed E-state index contributed by atoms with van der Waals surface area (Å²) in [6.45, 7) is 7.01. The fraction of sp³-hybridized carbons (Fsp3) is 0.312. The molecule has 6 nitrogen and oxygen atoms in total. The number of amides is 1. The zero-order valence-corrected chi connectivity index (χ0v) is 13.0. The number of carbonyl (C=O) groups excluding carboxylic acids is 2. The van der Waals surface area contributed by atoms with Gasteiger partial charge in [-0.1, -0.05) is 22.3 Å². The fourth-order valence-electron chi connectivity index (χ4n) is 2.03. The molecule has 0 radical (unpaired) electrons. The Morgan fingerprint density at radius 3 is 2.32 bits per heavy atom. The van der Waals surface area contributed by atoms with Crippen LogP contribution in [-0.2, 0) is 9.53 Å². The van der Waals surface area contributed by atoms with Gasteiger partial charge in [-0.2, -0.15) is 0 Å². The molecule has 1 unspecified atom stereocenters. The Morgan fingerprint density at radius 1 is 1.14 bits per heavy atom. The summed E-state index contributed by atoms with van der Waals surface area (Å²) in [6.07, 6.45) is -0.940. The Balaban J connectivity index is 1.99. The third-order valence-electron chi connectivity index (χ3n) is 2.99. The molecule has 6 heteroatoms. The Morgan fingerprint density at radius 2 is 1.77 bits per heavy atom. The van der Waals surface area contributed by atoms with E-state index < -0.39 is 18.0 Å². The largest absolute Gasteiger partial charge is 0.449 e. The van der Waals surface area contributed by atoms with Crippen LogP contribution < -0.4 is 5.32 Å². The first-order chi connectivity index (χ1) is 10.3. The summed E-state index contributed by atoms with van der Waals surface area (Å²) in [4.78, 5) is 24.0. The van der Waals surface area contributed by atoms with Gasteiger partial charge in [0.15, 0.2) is 11.9 Å². The van der Waals surface area contributed by atoms with Crippen molar-refractivity contribution in [1.29, 1.82) is 0 Å². The summed E-state index contributed by atoms with van der Waals surface area (Å²) in [5.41, 5.74) is 2.35. The van der Waals surface area contributed by atoms with Gasteiger partial charge >= 0.3 is 5.97 Å². The number of esters is 1. The van der Waals surface area contributed by atoms with Crippen molar-refractivity contribution in [3.8, 4) is 0 Å². The van der Waals surface area contributed by atoms with E-state index in [0.29, 0.717) is 11.3 Å². The average Bonchev–Trinajstić information content (AvgIpc) is 2.82. The van der Waals surface area contributed by atoms with Crippen molar-refractivity contribution in [2.24, 2.45) is 0 Å². The van der Waals surface area contributed by atoms with Crippen LogP contribution in [0.4, 0.5) is 5.82 Å². The standard InChI is InChI=1S/C16H18N2O4/c1-9-5-10(2)7-13(6-9)16(20)21-12(4)15(19)17-14-8-11(3)22-18-14/h5-8,12H,1-4H3,(H,17,18,19). The lowest BCUT2D eigenvalue weighted by atomic mass is 10.1. The van der Waals surface area contributed by atoms with Crippen molar-refractivity contribution in [2.45, 2.75) is 33.8 Å². The third-order valence-corrected chi connectivity index (χ3v) is 2.99. The van der Waals surface area contributed by atoms with Gasteiger partial charge < -0.3 is 14.6 Å². The Hall–Kier alpha value is -2.63. The highest BCUT2D eigenvalue weighted by molar-refractivity contribution is 5.96. The molecule has 2 aromatic rings. The van der Waals surface area contributed by atoms with Crippen molar-refractivity contribution >= 4 is 17.7 Å². The maximum atomic E-state index is 12.1. The van der Waals surface area contributed by atoms with Crippen LogP contribution in [-0.4, -0.2) is 23.1 Å². The first-order valence-electron chi connectivity index (χ1n) is 6.88. The van der Waals surface area contributed by atoms with Crippen molar-refractivity contribution < 1.29 is 18.8 Å². The van der Waals surface area contributed by atoms with Crippen LogP contribution in [0.2, 0.25) is 0 Å². The smallest absolute Gasteiger partial charge is 0.338 e. The highest BCUT2D eigenvalue weighted by atomic mass is 16.5. The number of rotatable bonds is 4. The molecule has 116 valence electrons. The molecule has 0 fully saturated rings. The molecule has 0 aliphatic heterocycles. The summed E-state index contributed by atoms with van der Waals surface area (Å²) in [6, 6.07) is 6.98. The number of hydrogen-bond donors (Lipinski definition) is 1. The number of carbonyl (C=O) groups is 2. The predicted molar refractivity (Wildman–Crippen MR) is 80.7 cm³/mol. The summed E-state index contributed by atoms with van der Waals surface area (Å²) in [5, 5.41) is 6.17. The Bertz CT molecular complexity index is 686. The van der Waals surface area contributed by atoms with Crippen LogP contribution in [0.1, 0.15) is 34.2 Å². The van der Waals surface area contributed by atoms with Gasteiger partial charge in [0.05, 0.1) is 5.56 Å². The molecular formula is C16H18N2O4. The van der Waals surface area contributed by atoms with E-state index >= 15 is 0 Å². The van der Waals surface area contributed by atoms with Crippen molar-refractivity contribution in [1.82, 2.24) is 5.16 Å². The highest BCUT2D eigenvalue weighted by Gasteiger charge is 2.20. The zero-order valence-electron chi connectivity index (χ0n) is 13.0. The first-order valence-corrected chi connectivity index (χ1v) is 6.88. The monoisotopic (exact) mass is 302 g/mol. The van der Waals surface area contributed by atoms with Gasteiger partial charge in [0.1, 0.15) is 5.76 Å². The van der Waals surface area contributed by atoms with Crippen molar-refractivity contribution in [2.75, 3.05) is 5.32 Å². The Labute approximate surface area is 128 Å². The fourth-order valence-corrected chi connectivity index (χ4v) is 2.03. The van der Waals surface area contributed by atoms with E-state index in [4.69, 9.17) is 9.26 Å². The second-order valence-electron chi connectivity index (χ2n) is 5.24. The summed E-state index contributed by atoms with van der Waals surface area (Å²) in [7, 11) is 0. The molecule has 0 aliphatic carbocycles. The van der Waals surface area contributed by atoms with Crippen LogP contribution in [0, 0.1) is 20.8 Å². The zero-order chi connectivity index (χ0) is 16.3. The second kappa shape index (κ2) is 6.43. The first kappa shape index (κ1) is 15.8. The number of nitrogens with zero attached hydrogens (tertiary/aromatic N) is 1. The van der Waals surface area contributed by atoms with Crippen LogP contribution in [0.5, 0.6) is 0 Å². The summed E-state index contributed by atoms with van der Waals surface area (Å²) in [5.74, 6) is -0.135. The highest BCUT2D eigenvalue weighted by Crippen LogP contribution is 2.12. The maximum Gasteiger partial charge on any atom is 0.338 e. The van der Waals surface area contributed by atoms with Crippen molar-refractivity contribution in [3.05, 3.63) is 46.7 Å². The van der Waals surface area contributed by atoms with Gasteiger partial charge in [-0.25, -0.2) is 4.79 Å². The molecule has 0 saturated carbocycles. The number of nitrogens with one attached hydrogen (secondary N) is 1. The second-order valence-corrected chi connectivity index (χ2v) is 5.24. The minimum atomic E-state index is -0.940. The number of hydrogen-bond acceptors (Lipinski definition) is 5. The van der Waals surface area contributed by atoms with Gasteiger partial charge in [0.25, 0.3) is 5.91 Å². The molecule has 1 atom stereocenters. The molecule has 0 saturated heterocycles. The van der Waals surface area contributed by atoms with Crippen LogP contribution in [0.3, 0.4) is 0 Å². The predicted octanol–water partition coefficient (Wildman–Crippen LogP) is 2.78. The van der Waals surface area contributed by atoms with E-state index in [2.05, 4.69) is 10.5 Å². The Kier molecular flexibility index (Phi) is 4.60. The lowest BCUT2D eigenvalue weighted by molar-refractivity contribution is -0.123. The van der Waals surface area contributed by atoms with E-state index in [1.54, 1.807) is 25.1 Å². The summed E-state index contributed by atoms with van der Waals surface area (Å²) < 4.78 is 10.0. The third kappa shape index (κ3) is 3.94. The number of ether oxygens (including phenoxy) is 1. The number of benzene rings is 1.